The Labute approximate surface area is 310 Å². The van der Waals surface area contributed by atoms with Gasteiger partial charge in [-0.05, 0) is 58.1 Å². The predicted molar refractivity (Wildman–Crippen MR) is 227 cm³/mol. The molecule has 0 spiro atoms. The Balaban J connectivity index is 1.20. The van der Waals surface area contributed by atoms with Crippen molar-refractivity contribution in [1.82, 2.24) is 0 Å². The maximum Gasteiger partial charge on any atom is 0.143 e. The van der Waals surface area contributed by atoms with E-state index in [0.717, 1.165) is 50.1 Å². The third kappa shape index (κ3) is 4.71. The monoisotopic (exact) mass is 693 g/mol. The molecular formula is C50H31NOS. The van der Waals surface area contributed by atoms with Gasteiger partial charge >= 0.3 is 0 Å². The van der Waals surface area contributed by atoms with Crippen LogP contribution in [0.3, 0.4) is 0 Å². The molecule has 0 atom stereocenters. The standard InChI is InChI=1S/C50H31NOS/c1-2-17-35-33(14-1)31-46(38-19-4-3-18-37(35)38)51(34-16-11-15-32(30-34)36-23-12-24-42-40-21-6-9-28-47(40)52-49(36)42)45-27-8-5-20-39(45)43-25-13-26-44-41-22-7-10-29-48(41)53-50(43)44/h1-31H. The molecule has 53 heavy (non-hydrogen) atoms. The number of rotatable bonds is 5. The van der Waals surface area contributed by atoms with E-state index in [1.54, 1.807) is 0 Å². The number of hydrogen-bond donors (Lipinski definition) is 0. The van der Waals surface area contributed by atoms with Gasteiger partial charge in [-0.3, -0.25) is 0 Å². The maximum absolute atomic E-state index is 6.54. The van der Waals surface area contributed by atoms with Gasteiger partial charge in [0.15, 0.2) is 0 Å². The first-order valence-electron chi connectivity index (χ1n) is 18.0. The van der Waals surface area contributed by atoms with Gasteiger partial charge in [-0.25, -0.2) is 0 Å². The van der Waals surface area contributed by atoms with Gasteiger partial charge in [0.2, 0.25) is 0 Å². The van der Waals surface area contributed by atoms with Crippen LogP contribution in [-0.2, 0) is 0 Å². The first kappa shape index (κ1) is 30.0. The zero-order valence-electron chi connectivity index (χ0n) is 28.7. The predicted octanol–water partition coefficient (Wildman–Crippen LogP) is 15.1. The molecule has 11 aromatic rings. The second kappa shape index (κ2) is 11.9. The number of fused-ring (bicyclic) bond motifs is 9. The minimum atomic E-state index is 0.903. The summed E-state index contributed by atoms with van der Waals surface area (Å²) in [6, 6.07) is 68.0. The summed E-state index contributed by atoms with van der Waals surface area (Å²) in [5, 5.41) is 9.75. The van der Waals surface area contributed by atoms with Crippen LogP contribution in [0, 0.1) is 0 Å². The minimum absolute atomic E-state index is 0.903. The molecule has 0 saturated carbocycles. The van der Waals surface area contributed by atoms with Crippen LogP contribution in [0.2, 0.25) is 0 Å². The Morgan fingerprint density at radius 2 is 1.04 bits per heavy atom. The quantitative estimate of drug-likeness (QED) is 0.167. The Morgan fingerprint density at radius 3 is 1.94 bits per heavy atom. The van der Waals surface area contributed by atoms with Crippen LogP contribution in [0.1, 0.15) is 0 Å². The topological polar surface area (TPSA) is 16.4 Å². The first-order chi connectivity index (χ1) is 26.3. The fraction of sp³-hybridized carbons (Fsp3) is 0. The number of nitrogens with zero attached hydrogens (tertiary/aromatic N) is 1. The smallest absolute Gasteiger partial charge is 0.143 e. The Morgan fingerprint density at radius 1 is 0.396 bits per heavy atom. The van der Waals surface area contributed by atoms with Crippen molar-refractivity contribution in [3.8, 4) is 22.3 Å². The molecule has 2 heterocycles. The van der Waals surface area contributed by atoms with Crippen molar-refractivity contribution in [2.45, 2.75) is 0 Å². The highest BCUT2D eigenvalue weighted by molar-refractivity contribution is 7.26. The highest BCUT2D eigenvalue weighted by Gasteiger charge is 2.23. The number of furan rings is 1. The number of para-hydroxylation sites is 3. The van der Waals surface area contributed by atoms with Crippen molar-refractivity contribution in [2.75, 3.05) is 4.90 Å². The summed E-state index contributed by atoms with van der Waals surface area (Å²) < 4.78 is 9.15. The van der Waals surface area contributed by atoms with Crippen LogP contribution < -0.4 is 4.90 Å². The average Bonchev–Trinajstić information content (AvgIpc) is 3.80. The SMILES string of the molecule is c1cc(-c2cccc3c2oc2ccccc23)cc(N(c2ccccc2-c2cccc3c2sc2ccccc23)c2cc3ccccc3c3ccccc23)c1. The summed E-state index contributed by atoms with van der Waals surface area (Å²) >= 11 is 1.87. The second-order valence-corrected chi connectivity index (χ2v) is 14.7. The van der Waals surface area contributed by atoms with Gasteiger partial charge in [-0.2, -0.15) is 0 Å². The van der Waals surface area contributed by atoms with Gasteiger partial charge in [0.05, 0.1) is 11.4 Å². The largest absolute Gasteiger partial charge is 0.455 e. The summed E-state index contributed by atoms with van der Waals surface area (Å²) in [5.41, 5.74) is 9.74. The van der Waals surface area contributed by atoms with Crippen molar-refractivity contribution < 1.29 is 4.42 Å². The zero-order chi connectivity index (χ0) is 34.9. The van der Waals surface area contributed by atoms with E-state index in [9.17, 15) is 0 Å². The Hall–Kier alpha value is -6.68. The third-order valence-electron chi connectivity index (χ3n) is 10.6. The molecule has 0 aliphatic rings. The first-order valence-corrected chi connectivity index (χ1v) is 18.8. The van der Waals surface area contributed by atoms with Gasteiger partial charge in [0, 0.05) is 58.7 Å². The van der Waals surface area contributed by atoms with Gasteiger partial charge < -0.3 is 9.32 Å². The van der Waals surface area contributed by atoms with E-state index in [1.807, 2.05) is 17.4 Å². The molecule has 0 unspecified atom stereocenters. The van der Waals surface area contributed by atoms with Gasteiger partial charge in [-0.15, -0.1) is 11.3 Å². The summed E-state index contributed by atoms with van der Waals surface area (Å²) in [7, 11) is 0. The van der Waals surface area contributed by atoms with E-state index in [0.29, 0.717) is 0 Å². The molecule has 11 rings (SSSR count). The molecular weight excluding hydrogens is 663 g/mol. The molecule has 0 aliphatic carbocycles. The molecule has 0 fully saturated rings. The molecule has 0 bridgehead atoms. The molecule has 9 aromatic carbocycles. The van der Waals surface area contributed by atoms with Crippen LogP contribution in [-0.4, -0.2) is 0 Å². The summed E-state index contributed by atoms with van der Waals surface area (Å²) in [4.78, 5) is 2.47. The lowest BCUT2D eigenvalue weighted by Crippen LogP contribution is -2.12. The fourth-order valence-corrected chi connectivity index (χ4v) is 9.50. The second-order valence-electron chi connectivity index (χ2n) is 13.6. The fourth-order valence-electron chi connectivity index (χ4n) is 8.27. The highest BCUT2D eigenvalue weighted by Crippen LogP contribution is 2.49. The molecule has 0 N–H and O–H groups in total. The van der Waals surface area contributed by atoms with Gasteiger partial charge in [0.1, 0.15) is 11.2 Å². The van der Waals surface area contributed by atoms with Crippen molar-refractivity contribution in [3.05, 3.63) is 188 Å². The molecule has 2 aromatic heterocycles. The summed E-state index contributed by atoms with van der Waals surface area (Å²) in [6.45, 7) is 0. The van der Waals surface area contributed by atoms with E-state index in [-0.39, 0.29) is 0 Å². The van der Waals surface area contributed by atoms with Crippen molar-refractivity contribution >= 4 is 92.1 Å². The van der Waals surface area contributed by atoms with E-state index in [2.05, 4.69) is 187 Å². The number of thiophene rings is 1. The average molecular weight is 694 g/mol. The van der Waals surface area contributed by atoms with Gasteiger partial charge in [-0.1, -0.05) is 152 Å². The lowest BCUT2D eigenvalue weighted by Gasteiger charge is -2.30. The number of hydrogen-bond acceptors (Lipinski definition) is 3. The number of anilines is 3. The van der Waals surface area contributed by atoms with Crippen LogP contribution in [0.15, 0.2) is 192 Å². The normalized spacial score (nSPS) is 11.8. The molecule has 3 heteroatoms. The van der Waals surface area contributed by atoms with Gasteiger partial charge in [0.25, 0.3) is 0 Å². The number of benzene rings is 9. The maximum atomic E-state index is 6.54. The third-order valence-corrected chi connectivity index (χ3v) is 11.9. The summed E-state index contributed by atoms with van der Waals surface area (Å²) in [5.74, 6) is 0. The van der Waals surface area contributed by atoms with E-state index < -0.39 is 0 Å². The molecule has 0 amide bonds. The zero-order valence-corrected chi connectivity index (χ0v) is 29.5. The lowest BCUT2D eigenvalue weighted by molar-refractivity contribution is 0.670. The summed E-state index contributed by atoms with van der Waals surface area (Å²) in [6.07, 6.45) is 0. The molecule has 0 radical (unpaired) electrons. The molecule has 0 saturated heterocycles. The van der Waals surface area contributed by atoms with Crippen LogP contribution in [0.25, 0.3) is 85.9 Å². The van der Waals surface area contributed by atoms with E-state index in [4.69, 9.17) is 4.42 Å². The van der Waals surface area contributed by atoms with Crippen molar-refractivity contribution in [2.24, 2.45) is 0 Å². The van der Waals surface area contributed by atoms with Crippen LogP contribution in [0.5, 0.6) is 0 Å². The highest BCUT2D eigenvalue weighted by atomic mass is 32.1. The van der Waals surface area contributed by atoms with Crippen molar-refractivity contribution in [3.63, 3.8) is 0 Å². The molecule has 248 valence electrons. The van der Waals surface area contributed by atoms with Crippen molar-refractivity contribution in [1.29, 1.82) is 0 Å². The molecule has 0 aliphatic heterocycles. The van der Waals surface area contributed by atoms with E-state index >= 15 is 0 Å². The van der Waals surface area contributed by atoms with Crippen LogP contribution in [0.4, 0.5) is 17.1 Å². The Kier molecular flexibility index (Phi) is 6.76. The lowest BCUT2D eigenvalue weighted by atomic mass is 9.96. The van der Waals surface area contributed by atoms with Crippen LogP contribution >= 0.6 is 11.3 Å². The Bertz CT molecular complexity index is 3200. The molecule has 2 nitrogen and oxygen atoms in total. The van der Waals surface area contributed by atoms with E-state index in [1.165, 1.54) is 52.8 Å². The minimum Gasteiger partial charge on any atom is -0.455 e.